The summed E-state index contributed by atoms with van der Waals surface area (Å²) in [6.07, 6.45) is 2.30. The van der Waals surface area contributed by atoms with E-state index in [2.05, 4.69) is 20.0 Å². The van der Waals surface area contributed by atoms with Crippen LogP contribution in [-0.2, 0) is 39.4 Å². The second-order valence-electron chi connectivity index (χ2n) is 12.4. The third-order valence-corrected chi connectivity index (χ3v) is 10.5. The van der Waals surface area contributed by atoms with Gasteiger partial charge in [-0.3, -0.25) is 23.7 Å². The average molecular weight is 681 g/mol. The molecule has 4 heterocycles. The molecule has 4 aromatic rings. The molecule has 0 bridgehead atoms. The van der Waals surface area contributed by atoms with Gasteiger partial charge >= 0.3 is 13.7 Å². The van der Waals surface area contributed by atoms with Crippen molar-refractivity contribution < 1.29 is 37.4 Å². The van der Waals surface area contributed by atoms with E-state index >= 15 is 0 Å². The number of rotatable bonds is 11. The largest absolute Gasteiger partial charge is 0.460 e. The van der Waals surface area contributed by atoms with Crippen LogP contribution in [-0.4, -0.2) is 61.7 Å². The van der Waals surface area contributed by atoms with E-state index in [-0.39, 0.29) is 36.1 Å². The molecular formula is C32H37N6O9P. The normalized spacial score (nSPS) is 26.3. The number of carbonyl (C=O) groups is 1. The van der Waals surface area contributed by atoms with Gasteiger partial charge in [-0.25, -0.2) is 9.55 Å². The number of esters is 1. The summed E-state index contributed by atoms with van der Waals surface area (Å²) in [5.41, 5.74) is 5.39. The van der Waals surface area contributed by atoms with Crippen molar-refractivity contribution in [2.45, 2.75) is 82.0 Å². The minimum atomic E-state index is -4.24. The molecule has 2 aromatic carbocycles. The number of hydrogen-bond donors (Lipinski definition) is 3. The molecule has 7 rings (SSSR count). The highest BCUT2D eigenvalue weighted by atomic mass is 31.2. The molecule has 2 aromatic heterocycles. The summed E-state index contributed by atoms with van der Waals surface area (Å²) in [5, 5.41) is 2.73. The number of aromatic amines is 1. The van der Waals surface area contributed by atoms with Crippen LogP contribution in [0.4, 0.5) is 5.95 Å². The highest BCUT2D eigenvalue weighted by Crippen LogP contribution is 2.56. The zero-order chi connectivity index (χ0) is 33.5. The van der Waals surface area contributed by atoms with Crippen molar-refractivity contribution in [3.63, 3.8) is 0 Å². The first-order valence-electron chi connectivity index (χ1n) is 15.8. The lowest BCUT2D eigenvalue weighted by molar-refractivity contribution is -0.231. The number of fused-ring (bicyclic) bond motifs is 2. The van der Waals surface area contributed by atoms with Crippen LogP contribution in [0.2, 0.25) is 0 Å². The van der Waals surface area contributed by atoms with E-state index in [1.807, 2.05) is 37.3 Å². The number of benzene rings is 2. The molecule has 2 unspecified atom stereocenters. The highest BCUT2D eigenvalue weighted by molar-refractivity contribution is 7.52. The molecule has 6 atom stereocenters. The van der Waals surface area contributed by atoms with Gasteiger partial charge in [0.1, 0.15) is 36.2 Å². The number of anilines is 1. The van der Waals surface area contributed by atoms with Crippen LogP contribution in [0.1, 0.15) is 51.3 Å². The van der Waals surface area contributed by atoms with Crippen LogP contribution < -0.4 is 20.9 Å². The standard InChI is InChI=1S/C32H37N6O9P/c1-20(28(40)42-17-21-11-5-3-6-12-21)37-48(41,46-22-13-7-4-8-14-22)43-18-23-25-31(2,47-32(45-25)15-9-10-16-32)29(44-23)38-19-34-24-26(38)35-30(33)36-27(24)39/h3-8,11-14,19-20,23,25,29H,9-10,15-18H2,1-2H3,(H,37,41)(H3,33,35,36,39)/t20-,23+,25-,29+,31?,48?/m0/s1. The Labute approximate surface area is 275 Å². The number of H-pyrrole nitrogens is 1. The maximum Gasteiger partial charge on any atom is 0.459 e. The molecule has 0 amide bonds. The van der Waals surface area contributed by atoms with Crippen molar-refractivity contribution >= 4 is 30.8 Å². The molecule has 15 nitrogen and oxygen atoms in total. The summed E-state index contributed by atoms with van der Waals surface area (Å²) in [4.78, 5) is 36.5. The lowest BCUT2D eigenvalue weighted by atomic mass is 9.96. The van der Waals surface area contributed by atoms with Gasteiger partial charge in [0.25, 0.3) is 5.56 Å². The number of para-hydroxylation sites is 1. The van der Waals surface area contributed by atoms with E-state index in [0.717, 1.165) is 18.4 Å². The van der Waals surface area contributed by atoms with Crippen molar-refractivity contribution in [1.82, 2.24) is 24.6 Å². The minimum absolute atomic E-state index is 0.0440. The molecule has 3 aliphatic rings. The van der Waals surface area contributed by atoms with Crippen LogP contribution in [0.25, 0.3) is 11.2 Å². The molecule has 4 N–H and O–H groups in total. The van der Waals surface area contributed by atoms with Crippen molar-refractivity contribution in [3.8, 4) is 5.75 Å². The van der Waals surface area contributed by atoms with Gasteiger partial charge in [0.15, 0.2) is 23.2 Å². The van der Waals surface area contributed by atoms with Crippen molar-refractivity contribution in [2.24, 2.45) is 0 Å². The van der Waals surface area contributed by atoms with Gasteiger partial charge in [-0.05, 0) is 44.4 Å². The van der Waals surface area contributed by atoms with Crippen molar-refractivity contribution in [3.05, 3.63) is 82.9 Å². The van der Waals surface area contributed by atoms with Gasteiger partial charge < -0.3 is 29.2 Å². The molecule has 2 saturated heterocycles. The predicted octanol–water partition coefficient (Wildman–Crippen LogP) is 3.97. The second-order valence-corrected chi connectivity index (χ2v) is 14.1. The first kappa shape index (κ1) is 32.4. The molecule has 3 fully saturated rings. The van der Waals surface area contributed by atoms with Gasteiger partial charge in [0, 0.05) is 12.8 Å². The Hall–Kier alpha value is -4.11. The second kappa shape index (κ2) is 12.7. The number of nitrogen functional groups attached to an aromatic ring is 1. The Balaban J connectivity index is 1.14. The fourth-order valence-corrected chi connectivity index (χ4v) is 8.08. The van der Waals surface area contributed by atoms with E-state index in [1.54, 1.807) is 34.9 Å². The Bertz CT molecular complexity index is 1880. The first-order chi connectivity index (χ1) is 23.1. The third-order valence-electron chi connectivity index (χ3n) is 8.82. The molecule has 16 heteroatoms. The summed E-state index contributed by atoms with van der Waals surface area (Å²) >= 11 is 0. The Morgan fingerprint density at radius 3 is 2.60 bits per heavy atom. The van der Waals surface area contributed by atoms with Crippen LogP contribution in [0.15, 0.2) is 71.8 Å². The Morgan fingerprint density at radius 2 is 1.88 bits per heavy atom. The molecule has 1 saturated carbocycles. The number of imidazole rings is 1. The monoisotopic (exact) mass is 680 g/mol. The fraction of sp³-hybridized carbons (Fsp3) is 0.438. The lowest BCUT2D eigenvalue weighted by Gasteiger charge is -2.31. The number of carbonyl (C=O) groups excluding carboxylic acids is 1. The Morgan fingerprint density at radius 1 is 1.17 bits per heavy atom. The van der Waals surface area contributed by atoms with Crippen LogP contribution in [0, 0.1) is 0 Å². The van der Waals surface area contributed by atoms with Gasteiger partial charge in [0.05, 0.1) is 12.9 Å². The molecule has 1 spiro atoms. The third kappa shape index (κ3) is 6.25. The van der Waals surface area contributed by atoms with E-state index in [9.17, 15) is 14.2 Å². The molecule has 254 valence electrons. The van der Waals surface area contributed by atoms with Crippen LogP contribution in [0.3, 0.4) is 0 Å². The maximum absolute atomic E-state index is 14.3. The predicted molar refractivity (Wildman–Crippen MR) is 171 cm³/mol. The summed E-state index contributed by atoms with van der Waals surface area (Å²) < 4.78 is 53.1. The maximum atomic E-state index is 14.3. The SMILES string of the molecule is C[C@H](NP(=O)(OC[C@H]1O[C@@H](n2cnc3c(=O)[nH]c(N)nc32)C2(C)OC3(CCCC3)O[C@@H]12)Oc1ccccc1)C(=O)OCc1ccccc1. The molecule has 0 radical (unpaired) electrons. The van der Waals surface area contributed by atoms with E-state index in [0.29, 0.717) is 12.8 Å². The number of nitrogens with zero attached hydrogens (tertiary/aromatic N) is 3. The van der Waals surface area contributed by atoms with Gasteiger partial charge in [-0.1, -0.05) is 48.5 Å². The summed E-state index contributed by atoms with van der Waals surface area (Å²) in [6.45, 7) is 3.14. The molecule has 1 aliphatic carbocycles. The quantitative estimate of drug-likeness (QED) is 0.152. The number of ether oxygens (including phenoxy) is 4. The number of hydrogen-bond acceptors (Lipinski definition) is 12. The van der Waals surface area contributed by atoms with E-state index in [1.165, 1.54) is 13.3 Å². The fourth-order valence-electron chi connectivity index (χ4n) is 6.58. The van der Waals surface area contributed by atoms with Gasteiger partial charge in [-0.2, -0.15) is 10.1 Å². The number of nitrogens with two attached hydrogens (primary N) is 1. The number of aromatic nitrogens is 4. The van der Waals surface area contributed by atoms with Crippen LogP contribution in [0.5, 0.6) is 5.75 Å². The van der Waals surface area contributed by atoms with Crippen molar-refractivity contribution in [1.29, 1.82) is 0 Å². The summed E-state index contributed by atoms with van der Waals surface area (Å²) in [7, 11) is -4.24. The lowest BCUT2D eigenvalue weighted by Crippen LogP contribution is -2.42. The van der Waals surface area contributed by atoms with Gasteiger partial charge in [-0.15, -0.1) is 0 Å². The topological polar surface area (TPSA) is 191 Å². The van der Waals surface area contributed by atoms with E-state index in [4.69, 9.17) is 33.7 Å². The number of nitrogens with one attached hydrogen (secondary N) is 2. The average Bonchev–Trinajstić information content (AvgIpc) is 3.82. The summed E-state index contributed by atoms with van der Waals surface area (Å²) in [6, 6.07) is 16.6. The zero-order valence-corrected chi connectivity index (χ0v) is 27.3. The first-order valence-corrected chi connectivity index (χ1v) is 17.3. The molecule has 48 heavy (non-hydrogen) atoms. The molecule has 2 aliphatic heterocycles. The van der Waals surface area contributed by atoms with Gasteiger partial charge in [0.2, 0.25) is 5.95 Å². The zero-order valence-electron chi connectivity index (χ0n) is 26.4. The van der Waals surface area contributed by atoms with E-state index < -0.39 is 55.1 Å². The smallest absolute Gasteiger partial charge is 0.459 e. The Kier molecular flexibility index (Phi) is 8.60. The van der Waals surface area contributed by atoms with Crippen LogP contribution >= 0.6 is 7.75 Å². The highest BCUT2D eigenvalue weighted by Gasteiger charge is 2.67. The molecular weight excluding hydrogens is 643 g/mol. The minimum Gasteiger partial charge on any atom is -0.460 e. The van der Waals surface area contributed by atoms with Crippen molar-refractivity contribution in [2.75, 3.05) is 12.3 Å². The summed E-state index contributed by atoms with van der Waals surface area (Å²) in [5.74, 6) is -1.29.